The summed E-state index contributed by atoms with van der Waals surface area (Å²) in [5, 5.41) is 56.0. The first-order valence-electron chi connectivity index (χ1n) is 35.9. The minimum absolute atomic E-state index is 0.0976. The summed E-state index contributed by atoms with van der Waals surface area (Å²) in [7, 11) is 0. The molecule has 20 N–H and O–H groups in total. The lowest BCUT2D eigenvalue weighted by Gasteiger charge is -2.34. The van der Waals surface area contributed by atoms with Gasteiger partial charge in [0.25, 0.3) is 0 Å². The van der Waals surface area contributed by atoms with E-state index < -0.39 is 174 Å². The van der Waals surface area contributed by atoms with Crippen LogP contribution in [0.15, 0.2) is 97.5 Å². The molecule has 0 bridgehead atoms. The minimum atomic E-state index is -2.36. The first kappa shape index (κ1) is 88.4. The first-order chi connectivity index (χ1) is 51.4. The zero-order valence-corrected chi connectivity index (χ0v) is 62.9. The molecule has 5 aromatic rings. The summed E-state index contributed by atoms with van der Waals surface area (Å²) in [5.74, 6) is -14.4. The molecule has 33 heteroatoms. The van der Waals surface area contributed by atoms with Crippen LogP contribution in [-0.2, 0) is 94.4 Å². The van der Waals surface area contributed by atoms with Gasteiger partial charge in [0, 0.05) is 44.1 Å². The number of ether oxygens (including phenoxy) is 1. The van der Waals surface area contributed by atoms with E-state index in [4.69, 9.17) is 21.9 Å². The number of rotatable bonds is 45. The fraction of sp³-hybridized carbons (Fsp3) is 0.474. The van der Waals surface area contributed by atoms with Gasteiger partial charge in [0.15, 0.2) is 0 Å². The number of carboxylic acid groups (broad SMARTS) is 1. The second kappa shape index (κ2) is 42.4. The molecule has 4 aromatic carbocycles. The molecule has 0 unspecified atom stereocenters. The van der Waals surface area contributed by atoms with Crippen molar-refractivity contribution in [1.82, 2.24) is 63.1 Å². The van der Waals surface area contributed by atoms with E-state index in [1.54, 1.807) is 18.3 Å². The highest BCUT2D eigenvalue weighted by Gasteiger charge is 2.43. The van der Waals surface area contributed by atoms with E-state index in [0.717, 1.165) is 80.0 Å². The number of benzene rings is 4. The number of halogens is 1. The van der Waals surface area contributed by atoms with Gasteiger partial charge in [-0.15, -0.1) is 0 Å². The van der Waals surface area contributed by atoms with Crippen LogP contribution >= 0.6 is 0 Å². The number of aromatic nitrogens is 2. The monoisotopic (exact) mass is 1520 g/mol. The number of H-pyrrole nitrogens is 1. The van der Waals surface area contributed by atoms with E-state index in [1.165, 1.54) is 38.4 Å². The number of hydrogen-bond donors (Lipinski definition) is 17. The summed E-state index contributed by atoms with van der Waals surface area (Å²) in [6.45, 7) is 13.0. The third kappa shape index (κ3) is 28.2. The van der Waals surface area contributed by atoms with Crippen molar-refractivity contribution in [1.29, 1.82) is 0 Å². The predicted molar refractivity (Wildman–Crippen MR) is 399 cm³/mol. The Morgan fingerprint density at radius 1 is 0.624 bits per heavy atom. The molecule has 12 amide bonds. The third-order valence-corrected chi connectivity index (χ3v) is 18.0. The van der Waals surface area contributed by atoms with Crippen LogP contribution in [0.2, 0.25) is 0 Å². The van der Waals surface area contributed by atoms with Crippen molar-refractivity contribution in [2.45, 2.75) is 199 Å². The molecule has 109 heavy (non-hydrogen) atoms. The number of carbonyl (C=O) groups excluding carboxylic acids is 12. The number of aliphatic hydroxyl groups excluding tert-OH is 2. The number of unbranched alkanes of at least 4 members (excludes halogenated alkanes) is 1. The maximum absolute atomic E-state index is 15.5. The lowest BCUT2D eigenvalue weighted by atomic mass is 9.90. The molecule has 0 saturated heterocycles. The van der Waals surface area contributed by atoms with Crippen molar-refractivity contribution < 1.29 is 86.8 Å². The molecule has 5 rings (SSSR count). The molecule has 0 radical (unpaired) electrons. The number of carbonyl (C=O) groups is 13. The molecule has 0 fully saturated rings. The van der Waals surface area contributed by atoms with Gasteiger partial charge in [-0.3, -0.25) is 62.3 Å². The number of amides is 12. The Bertz CT molecular complexity index is 3990. The lowest BCUT2D eigenvalue weighted by molar-refractivity contribution is -0.143. The van der Waals surface area contributed by atoms with Gasteiger partial charge in [-0.1, -0.05) is 84.8 Å². The summed E-state index contributed by atoms with van der Waals surface area (Å²) in [4.78, 5) is 184. The van der Waals surface area contributed by atoms with Crippen LogP contribution in [0.5, 0.6) is 5.75 Å². The van der Waals surface area contributed by atoms with Crippen LogP contribution in [0.1, 0.15) is 132 Å². The highest BCUT2D eigenvalue weighted by atomic mass is 19.1. The number of imidazole rings is 1. The number of hydrogen-bond acceptors (Lipinski definition) is 18. The lowest BCUT2D eigenvalue weighted by Crippen LogP contribution is -2.66. The summed E-state index contributed by atoms with van der Waals surface area (Å²) in [6.07, 6.45) is 0.237. The average Bonchev–Trinajstić information content (AvgIpc) is 0.929. The molecular formula is C76H104FN15O17. The van der Waals surface area contributed by atoms with Gasteiger partial charge in [-0.2, -0.15) is 0 Å². The topological polar surface area (TPSA) is 519 Å². The largest absolute Gasteiger partial charge is 0.494 e. The van der Waals surface area contributed by atoms with Crippen LogP contribution in [0, 0.1) is 25.1 Å². The van der Waals surface area contributed by atoms with Gasteiger partial charge in [-0.05, 0) is 158 Å². The van der Waals surface area contributed by atoms with Gasteiger partial charge in [0.2, 0.25) is 70.9 Å². The number of aryl methyl sites for hydroxylation is 4. The van der Waals surface area contributed by atoms with Gasteiger partial charge in [-0.25, -0.2) is 9.37 Å². The number of nitrogens with two attached hydrogens (primary N) is 3. The molecule has 0 aliphatic carbocycles. The molecule has 0 aliphatic rings. The number of aliphatic carboxylic acids is 1. The van der Waals surface area contributed by atoms with Crippen molar-refractivity contribution in [3.8, 4) is 16.9 Å². The van der Waals surface area contributed by atoms with E-state index in [1.807, 2.05) is 69.3 Å². The van der Waals surface area contributed by atoms with Crippen LogP contribution in [0.4, 0.5) is 4.39 Å². The normalized spacial score (nSPS) is 14.3. The number of aliphatic hydroxyl groups is 2. The Morgan fingerprint density at radius 3 is 1.87 bits per heavy atom. The minimum Gasteiger partial charge on any atom is -0.494 e. The highest BCUT2D eigenvalue weighted by molar-refractivity contribution is 6.06. The van der Waals surface area contributed by atoms with Gasteiger partial charge < -0.3 is 95.4 Å². The van der Waals surface area contributed by atoms with Gasteiger partial charge >= 0.3 is 5.97 Å². The predicted octanol–water partition coefficient (Wildman–Crippen LogP) is 0.0976. The molecular weight excluding hydrogens is 1410 g/mol. The summed E-state index contributed by atoms with van der Waals surface area (Å²) < 4.78 is 21.4. The van der Waals surface area contributed by atoms with E-state index >= 15 is 4.39 Å². The van der Waals surface area contributed by atoms with Gasteiger partial charge in [0.05, 0.1) is 38.1 Å². The van der Waals surface area contributed by atoms with Crippen molar-refractivity contribution in [2.75, 3.05) is 26.2 Å². The number of nitrogens with one attached hydrogen (secondary N) is 11. The molecule has 32 nitrogen and oxygen atoms in total. The fourth-order valence-electron chi connectivity index (χ4n) is 11.7. The van der Waals surface area contributed by atoms with Gasteiger partial charge in [0.1, 0.15) is 64.8 Å². The Hall–Kier alpha value is -11.2. The molecule has 0 aliphatic heterocycles. The quantitative estimate of drug-likeness (QED) is 0.0181. The standard InChI is InChI=1S/C76H104FN15O17/c1-10-49-36-53(109-31-14-13-29-78)24-25-54(49)50-22-20-47(21-23-50)35-58(68(102)86-56(65(80)99)19-15-16-48-33-42(2)32-43(3)34-48)88-69(103)59(37-62(97)98)87-66(100)44(4)85-70(104)63(45(5)93)91-74(108)76(9,38-51-17-11-12-18-55(51)77)92-71(105)64(46(6)94)90-61(96)40-83-67(101)57(26-27-60(79)95)89-73(107)75(7,8)72(106)82-30-28-52-39-81-41-84-52/h11-12,17-18,20-25,32-34,36,39,41,44-46,56-59,63-64,93-94H,10,13-16,19,26-31,35,37-38,40,78H2,1-9H3,(H2,79,95)(H2,80,99)(H,81,84)(H,82,106)(H,83,101)(H,85,104)(H,86,102)(H,87,100)(H,88,103)(H,89,107)(H,90,96)(H,91,108)(H,92,105)(H,97,98)/t44-,45+,46+,56-,57-,58-,59-,63-,64-,76-/m0/s1. The highest BCUT2D eigenvalue weighted by Crippen LogP contribution is 2.29. The molecule has 0 spiro atoms. The first-order valence-corrected chi connectivity index (χ1v) is 35.9. The van der Waals surface area contributed by atoms with Crippen LogP contribution in [0.3, 0.4) is 0 Å². The van der Waals surface area contributed by atoms with Crippen molar-refractivity contribution in [2.24, 2.45) is 22.6 Å². The summed E-state index contributed by atoms with van der Waals surface area (Å²) >= 11 is 0. The van der Waals surface area contributed by atoms with E-state index in [0.29, 0.717) is 55.8 Å². The van der Waals surface area contributed by atoms with Crippen LogP contribution in [-0.4, -0.2) is 188 Å². The Kier molecular flexibility index (Phi) is 34.4. The van der Waals surface area contributed by atoms with E-state index in [9.17, 15) is 77.6 Å². The number of aromatic amines is 1. The zero-order valence-electron chi connectivity index (χ0n) is 62.9. The smallest absolute Gasteiger partial charge is 0.305 e. The SMILES string of the molecule is CCc1cc(OCCCCN)ccc1-c1ccc(C[C@H](NC(=O)[C@H](CC(=O)O)NC(=O)[C@H](C)NC(=O)[C@@H](NC(=O)[C@](C)(Cc2ccccc2F)NC(=O)[C@@H](NC(=O)CNC(=O)[C@H](CCC(N)=O)NC(=O)C(C)(C)C(=O)NCCc2cnc[nH]2)[C@@H](C)O)[C@@H](C)O)C(=O)N[C@@H](CCCc2cc(C)cc(C)c2)C(N)=O)cc1. The van der Waals surface area contributed by atoms with Crippen molar-refractivity contribution >= 4 is 76.9 Å². The maximum atomic E-state index is 15.5. The van der Waals surface area contributed by atoms with E-state index in [-0.39, 0.29) is 31.4 Å². The van der Waals surface area contributed by atoms with E-state index in [2.05, 4.69) is 63.1 Å². The fourth-order valence-corrected chi connectivity index (χ4v) is 11.7. The number of primary amides is 2. The number of nitrogens with zero attached hydrogens (tertiary/aromatic N) is 1. The average molecular weight is 1520 g/mol. The van der Waals surface area contributed by atoms with Crippen LogP contribution in [0.25, 0.3) is 11.1 Å². The molecule has 10 atom stereocenters. The Balaban J connectivity index is 1.32. The molecule has 592 valence electrons. The number of carboxylic acids is 1. The van der Waals surface area contributed by atoms with Crippen molar-refractivity contribution in [3.05, 3.63) is 142 Å². The molecule has 1 heterocycles. The summed E-state index contributed by atoms with van der Waals surface area (Å²) in [6, 6.07) is 11.9. The third-order valence-electron chi connectivity index (χ3n) is 18.0. The van der Waals surface area contributed by atoms with Crippen LogP contribution < -0.4 is 75.1 Å². The maximum Gasteiger partial charge on any atom is 0.305 e. The Morgan fingerprint density at radius 2 is 1.27 bits per heavy atom. The molecule has 0 saturated carbocycles. The second-order valence-corrected chi connectivity index (χ2v) is 27.7. The van der Waals surface area contributed by atoms with Crippen molar-refractivity contribution in [3.63, 3.8) is 0 Å². The molecule has 1 aromatic heterocycles. The zero-order chi connectivity index (χ0) is 80.9. The Labute approximate surface area is 631 Å². The summed E-state index contributed by atoms with van der Waals surface area (Å²) in [5.41, 5.74) is 19.5. The second-order valence-electron chi connectivity index (χ2n) is 27.7.